The number of carbonyl (C=O) groups excluding carboxylic acids is 1. The molecule has 4 nitrogen and oxygen atoms in total. The number of benzene rings is 2. The number of ether oxygens (including phenoxy) is 2. The summed E-state index contributed by atoms with van der Waals surface area (Å²) in [7, 11) is 3.18. The van der Waals surface area contributed by atoms with Crippen LogP contribution >= 0.6 is 11.6 Å². The molecular formula is C18H20ClNO3. The third kappa shape index (κ3) is 3.77. The van der Waals surface area contributed by atoms with Gasteiger partial charge in [-0.15, -0.1) is 0 Å². The summed E-state index contributed by atoms with van der Waals surface area (Å²) >= 11 is 6.07. The van der Waals surface area contributed by atoms with E-state index in [4.69, 9.17) is 21.1 Å². The Labute approximate surface area is 141 Å². The van der Waals surface area contributed by atoms with Crippen molar-refractivity contribution in [3.63, 3.8) is 0 Å². The van der Waals surface area contributed by atoms with E-state index in [0.29, 0.717) is 22.1 Å². The summed E-state index contributed by atoms with van der Waals surface area (Å²) < 4.78 is 10.6. The molecule has 23 heavy (non-hydrogen) atoms. The SMILES string of the molecule is COc1cc(C)c([C@H](C)NC(=O)c2ccccc2Cl)cc1OC. The Morgan fingerprint density at radius 3 is 2.35 bits per heavy atom. The van der Waals surface area contributed by atoms with Crippen LogP contribution in [0.15, 0.2) is 36.4 Å². The summed E-state index contributed by atoms with van der Waals surface area (Å²) in [6.45, 7) is 3.89. The predicted molar refractivity (Wildman–Crippen MR) is 91.6 cm³/mol. The first-order valence-electron chi connectivity index (χ1n) is 7.25. The molecular weight excluding hydrogens is 314 g/mol. The second kappa shape index (κ2) is 7.38. The average molecular weight is 334 g/mol. The number of amides is 1. The summed E-state index contributed by atoms with van der Waals surface area (Å²) in [6, 6.07) is 10.6. The topological polar surface area (TPSA) is 47.6 Å². The Bertz CT molecular complexity index is 715. The zero-order chi connectivity index (χ0) is 17.0. The lowest BCUT2D eigenvalue weighted by Crippen LogP contribution is -2.27. The molecule has 2 aromatic carbocycles. The highest BCUT2D eigenvalue weighted by molar-refractivity contribution is 6.33. The first-order valence-corrected chi connectivity index (χ1v) is 7.63. The van der Waals surface area contributed by atoms with Crippen molar-refractivity contribution >= 4 is 17.5 Å². The van der Waals surface area contributed by atoms with Crippen molar-refractivity contribution in [2.75, 3.05) is 14.2 Å². The third-order valence-electron chi connectivity index (χ3n) is 3.70. The van der Waals surface area contributed by atoms with Crippen LogP contribution in [0.25, 0.3) is 0 Å². The molecule has 0 saturated carbocycles. The van der Waals surface area contributed by atoms with Gasteiger partial charge in [0.2, 0.25) is 0 Å². The number of nitrogens with one attached hydrogen (secondary N) is 1. The lowest BCUT2D eigenvalue weighted by molar-refractivity contribution is 0.0940. The molecule has 5 heteroatoms. The second-order valence-electron chi connectivity index (χ2n) is 5.24. The Morgan fingerprint density at radius 1 is 1.13 bits per heavy atom. The van der Waals surface area contributed by atoms with Crippen LogP contribution in [-0.4, -0.2) is 20.1 Å². The van der Waals surface area contributed by atoms with Gasteiger partial charge in [0.05, 0.1) is 30.8 Å². The molecule has 0 heterocycles. The van der Waals surface area contributed by atoms with E-state index < -0.39 is 0 Å². The van der Waals surface area contributed by atoms with E-state index >= 15 is 0 Å². The van der Waals surface area contributed by atoms with Gasteiger partial charge in [-0.25, -0.2) is 0 Å². The molecule has 2 aromatic rings. The summed E-state index contributed by atoms with van der Waals surface area (Å²) in [5.41, 5.74) is 2.43. The van der Waals surface area contributed by atoms with Gasteiger partial charge < -0.3 is 14.8 Å². The van der Waals surface area contributed by atoms with Crippen molar-refractivity contribution in [2.24, 2.45) is 0 Å². The monoisotopic (exact) mass is 333 g/mol. The summed E-state index contributed by atoms with van der Waals surface area (Å²) in [5.74, 6) is 1.09. The molecule has 1 atom stereocenters. The molecule has 0 unspecified atom stereocenters. The van der Waals surface area contributed by atoms with Crippen LogP contribution in [0.5, 0.6) is 11.5 Å². The number of rotatable bonds is 5. The van der Waals surface area contributed by atoms with Crippen LogP contribution in [-0.2, 0) is 0 Å². The maximum atomic E-state index is 12.4. The van der Waals surface area contributed by atoms with Gasteiger partial charge in [0.25, 0.3) is 5.91 Å². The van der Waals surface area contributed by atoms with Crippen LogP contribution in [0.4, 0.5) is 0 Å². The van der Waals surface area contributed by atoms with E-state index in [2.05, 4.69) is 5.32 Å². The molecule has 0 spiro atoms. The number of methoxy groups -OCH3 is 2. The predicted octanol–water partition coefficient (Wildman–Crippen LogP) is 4.16. The Kier molecular flexibility index (Phi) is 5.50. The summed E-state index contributed by atoms with van der Waals surface area (Å²) in [5, 5.41) is 3.39. The molecule has 0 fully saturated rings. The molecule has 122 valence electrons. The van der Waals surface area contributed by atoms with Gasteiger partial charge >= 0.3 is 0 Å². The Balaban J connectivity index is 2.25. The van der Waals surface area contributed by atoms with Gasteiger partial charge in [-0.3, -0.25) is 4.79 Å². The molecule has 0 aliphatic carbocycles. The lowest BCUT2D eigenvalue weighted by Gasteiger charge is -2.19. The van der Waals surface area contributed by atoms with E-state index in [0.717, 1.165) is 11.1 Å². The highest BCUT2D eigenvalue weighted by atomic mass is 35.5. The fourth-order valence-electron chi connectivity index (χ4n) is 2.46. The van der Waals surface area contributed by atoms with Gasteiger partial charge in [-0.05, 0) is 49.2 Å². The molecule has 0 radical (unpaired) electrons. The Hall–Kier alpha value is -2.20. The van der Waals surface area contributed by atoms with Crippen LogP contribution in [0, 0.1) is 6.92 Å². The Morgan fingerprint density at radius 2 is 1.74 bits per heavy atom. The number of hydrogen-bond donors (Lipinski definition) is 1. The van der Waals surface area contributed by atoms with Crippen molar-refractivity contribution < 1.29 is 14.3 Å². The van der Waals surface area contributed by atoms with E-state index in [9.17, 15) is 4.79 Å². The smallest absolute Gasteiger partial charge is 0.253 e. The number of halogens is 1. The fraction of sp³-hybridized carbons (Fsp3) is 0.278. The van der Waals surface area contributed by atoms with E-state index in [1.165, 1.54) is 0 Å². The molecule has 0 aliphatic heterocycles. The lowest BCUT2D eigenvalue weighted by atomic mass is 10.0. The molecule has 0 bridgehead atoms. The van der Waals surface area contributed by atoms with Crippen LogP contribution in [0.1, 0.15) is 34.5 Å². The first kappa shape index (κ1) is 17.2. The van der Waals surface area contributed by atoms with Gasteiger partial charge in [0, 0.05) is 0 Å². The number of carbonyl (C=O) groups is 1. The molecule has 0 aliphatic rings. The molecule has 0 aromatic heterocycles. The molecule has 2 rings (SSSR count). The van der Waals surface area contributed by atoms with E-state index in [1.807, 2.05) is 26.0 Å². The van der Waals surface area contributed by atoms with Crippen LogP contribution in [0.3, 0.4) is 0 Å². The van der Waals surface area contributed by atoms with E-state index in [1.54, 1.807) is 38.5 Å². The maximum absolute atomic E-state index is 12.4. The maximum Gasteiger partial charge on any atom is 0.253 e. The van der Waals surface area contributed by atoms with Crippen molar-refractivity contribution in [2.45, 2.75) is 19.9 Å². The minimum atomic E-state index is -0.211. The van der Waals surface area contributed by atoms with Crippen molar-refractivity contribution in [3.05, 3.63) is 58.1 Å². The molecule has 1 amide bonds. The van der Waals surface area contributed by atoms with Gasteiger partial charge in [0.15, 0.2) is 11.5 Å². The highest BCUT2D eigenvalue weighted by Gasteiger charge is 2.17. The van der Waals surface area contributed by atoms with Crippen molar-refractivity contribution in [1.29, 1.82) is 0 Å². The zero-order valence-corrected chi connectivity index (χ0v) is 14.4. The van der Waals surface area contributed by atoms with Gasteiger partial charge in [-0.2, -0.15) is 0 Å². The van der Waals surface area contributed by atoms with Crippen LogP contribution < -0.4 is 14.8 Å². The first-order chi connectivity index (χ1) is 11.0. The minimum Gasteiger partial charge on any atom is -0.493 e. The zero-order valence-electron chi connectivity index (χ0n) is 13.6. The average Bonchev–Trinajstić information content (AvgIpc) is 2.54. The summed E-state index contributed by atoms with van der Waals surface area (Å²) in [6.07, 6.45) is 0. The van der Waals surface area contributed by atoms with Crippen LogP contribution in [0.2, 0.25) is 5.02 Å². The standard InChI is InChI=1S/C18H20ClNO3/c1-11-9-16(22-3)17(23-4)10-14(11)12(2)20-18(21)13-7-5-6-8-15(13)19/h5-10,12H,1-4H3,(H,20,21)/t12-/m0/s1. The molecule has 1 N–H and O–H groups in total. The summed E-state index contributed by atoms with van der Waals surface area (Å²) in [4.78, 5) is 12.4. The normalized spacial score (nSPS) is 11.7. The van der Waals surface area contributed by atoms with Crippen molar-refractivity contribution in [1.82, 2.24) is 5.32 Å². The third-order valence-corrected chi connectivity index (χ3v) is 4.03. The largest absolute Gasteiger partial charge is 0.493 e. The molecule has 0 saturated heterocycles. The van der Waals surface area contributed by atoms with Gasteiger partial charge in [0.1, 0.15) is 0 Å². The fourth-order valence-corrected chi connectivity index (χ4v) is 2.68. The quantitative estimate of drug-likeness (QED) is 0.893. The minimum absolute atomic E-state index is 0.196. The number of hydrogen-bond acceptors (Lipinski definition) is 3. The van der Waals surface area contributed by atoms with E-state index in [-0.39, 0.29) is 11.9 Å². The highest BCUT2D eigenvalue weighted by Crippen LogP contribution is 2.33. The van der Waals surface area contributed by atoms with Crippen molar-refractivity contribution in [3.8, 4) is 11.5 Å². The number of aryl methyl sites for hydroxylation is 1. The van der Waals surface area contributed by atoms with Gasteiger partial charge in [-0.1, -0.05) is 23.7 Å². The second-order valence-corrected chi connectivity index (χ2v) is 5.65.